The number of para-hydroxylation sites is 2. The van der Waals surface area contributed by atoms with Gasteiger partial charge in [0.25, 0.3) is 0 Å². The van der Waals surface area contributed by atoms with E-state index < -0.39 is 0 Å². The molecule has 0 unspecified atom stereocenters. The van der Waals surface area contributed by atoms with E-state index in [0.29, 0.717) is 0 Å². The van der Waals surface area contributed by atoms with Crippen LogP contribution in [-0.4, -0.2) is 9.13 Å². The molecule has 0 fully saturated rings. The highest BCUT2D eigenvalue weighted by Crippen LogP contribution is 2.52. The monoisotopic (exact) mass is 1030 g/mol. The lowest BCUT2D eigenvalue weighted by molar-refractivity contribution is 0.661. The van der Waals surface area contributed by atoms with Crippen molar-refractivity contribution in [1.82, 2.24) is 9.13 Å². The molecule has 378 valence electrons. The Hall–Kier alpha value is -10.3. The zero-order valence-electron chi connectivity index (χ0n) is 45.0. The van der Waals surface area contributed by atoms with E-state index in [1.54, 1.807) is 0 Å². The predicted octanol–water partition coefficient (Wildman–Crippen LogP) is 21.5. The third-order valence-corrected chi connectivity index (χ3v) is 18.1. The molecule has 81 heavy (non-hydrogen) atoms. The molecule has 0 spiro atoms. The van der Waals surface area contributed by atoms with Crippen molar-refractivity contribution in [3.63, 3.8) is 0 Å². The highest BCUT2D eigenvalue weighted by molar-refractivity contribution is 6.15. The zero-order chi connectivity index (χ0) is 53.5. The molecule has 0 aliphatic heterocycles. The van der Waals surface area contributed by atoms with Gasteiger partial charge in [0.15, 0.2) is 0 Å². The smallest absolute Gasteiger partial charge is 0.0541 e. The van der Waals surface area contributed by atoms with Gasteiger partial charge in [0.1, 0.15) is 0 Å². The van der Waals surface area contributed by atoms with Crippen molar-refractivity contribution in [3.8, 4) is 67.0 Å². The molecule has 2 heteroatoms. The van der Waals surface area contributed by atoms with Crippen molar-refractivity contribution in [1.29, 1.82) is 0 Å². The van der Waals surface area contributed by atoms with Crippen LogP contribution in [0.5, 0.6) is 0 Å². The van der Waals surface area contributed by atoms with Gasteiger partial charge in [-0.1, -0.05) is 232 Å². The molecule has 2 aromatic heterocycles. The van der Waals surface area contributed by atoms with Gasteiger partial charge in [-0.2, -0.15) is 0 Å². The lowest BCUT2D eigenvalue weighted by Crippen LogP contribution is -2.15. The van der Waals surface area contributed by atoms with Gasteiger partial charge < -0.3 is 9.13 Å². The normalized spacial score (nSPS) is 12.9. The Morgan fingerprint density at radius 3 is 0.926 bits per heavy atom. The fourth-order valence-corrected chi connectivity index (χ4v) is 14.3. The van der Waals surface area contributed by atoms with Gasteiger partial charge in [0, 0.05) is 37.7 Å². The average Bonchev–Trinajstić information content (AvgIpc) is 4.21. The molecule has 0 atom stereocenters. The molecule has 0 amide bonds. The highest BCUT2D eigenvalue weighted by Gasteiger charge is 2.36. The first kappa shape index (κ1) is 45.7. The molecular weight excluding hydrogens is 977 g/mol. The first-order chi connectivity index (χ1) is 39.9. The minimum absolute atomic E-state index is 0.219. The van der Waals surface area contributed by atoms with E-state index in [-0.39, 0.29) is 5.41 Å². The number of benzene rings is 14. The summed E-state index contributed by atoms with van der Waals surface area (Å²) in [5, 5.41) is 15.0. The lowest BCUT2D eigenvalue weighted by atomic mass is 9.80. The van der Waals surface area contributed by atoms with Gasteiger partial charge in [-0.25, -0.2) is 0 Å². The van der Waals surface area contributed by atoms with E-state index in [2.05, 4.69) is 302 Å². The fourth-order valence-electron chi connectivity index (χ4n) is 14.3. The molecule has 1 aliphatic carbocycles. The Morgan fingerprint density at radius 1 is 0.222 bits per heavy atom. The molecular formula is C79H52N2. The summed E-state index contributed by atoms with van der Waals surface area (Å²) in [7, 11) is 0. The summed E-state index contributed by atoms with van der Waals surface area (Å²) in [6, 6.07) is 104. The number of nitrogens with zero attached hydrogens (tertiary/aromatic N) is 2. The summed E-state index contributed by atoms with van der Waals surface area (Å²) < 4.78 is 4.89. The minimum atomic E-state index is -0.219. The standard InChI is InChI=1S/C79H52N2/c1-79(2)71-47-53(57-41-39-55(61-23-7-9-25-63(57)61)51-35-43-77-69(45-51)67-27-11-13-29-75(67)80(77)73-31-15-19-49-17-3-5-21-59(49)73)33-37-65(71)66-38-34-54(48-72(66)79)58-42-40-56(62-24-8-10-26-64(58)62)52-36-44-78-70(46-52)68-28-12-14-30-76(68)81(78)74-32-16-20-50-18-4-6-22-60(50)74/h3-48H,1-2H3. The maximum atomic E-state index is 2.48. The van der Waals surface area contributed by atoms with E-state index in [9.17, 15) is 0 Å². The van der Waals surface area contributed by atoms with Crippen LogP contribution < -0.4 is 0 Å². The van der Waals surface area contributed by atoms with Gasteiger partial charge in [0.05, 0.1) is 33.4 Å². The second kappa shape index (κ2) is 17.4. The molecule has 0 bridgehead atoms. The van der Waals surface area contributed by atoms with Crippen LogP contribution in [0, 0.1) is 0 Å². The summed E-state index contributed by atoms with van der Waals surface area (Å²) in [5.74, 6) is 0. The molecule has 14 aromatic carbocycles. The van der Waals surface area contributed by atoms with Crippen molar-refractivity contribution in [2.75, 3.05) is 0 Å². The number of aromatic nitrogens is 2. The van der Waals surface area contributed by atoms with Crippen LogP contribution in [0.15, 0.2) is 279 Å². The second-order valence-corrected chi connectivity index (χ2v) is 22.7. The van der Waals surface area contributed by atoms with Crippen molar-refractivity contribution in [2.45, 2.75) is 19.3 Å². The van der Waals surface area contributed by atoms with E-state index >= 15 is 0 Å². The van der Waals surface area contributed by atoms with Gasteiger partial charge in [-0.3, -0.25) is 0 Å². The fraction of sp³-hybridized carbons (Fsp3) is 0.0380. The van der Waals surface area contributed by atoms with Crippen LogP contribution in [0.2, 0.25) is 0 Å². The van der Waals surface area contributed by atoms with E-state index in [0.717, 1.165) is 0 Å². The zero-order valence-corrected chi connectivity index (χ0v) is 45.0. The summed E-state index contributed by atoms with van der Waals surface area (Å²) in [5.41, 5.74) is 22.3. The molecule has 1 aliphatic rings. The quantitative estimate of drug-likeness (QED) is 0.157. The largest absolute Gasteiger partial charge is 0.309 e. The summed E-state index contributed by atoms with van der Waals surface area (Å²) in [4.78, 5) is 0. The summed E-state index contributed by atoms with van der Waals surface area (Å²) >= 11 is 0. The first-order valence-corrected chi connectivity index (χ1v) is 28.3. The van der Waals surface area contributed by atoms with Crippen LogP contribution >= 0.6 is 0 Å². The van der Waals surface area contributed by atoms with Crippen molar-refractivity contribution in [3.05, 3.63) is 290 Å². The maximum Gasteiger partial charge on any atom is 0.0541 e. The lowest BCUT2D eigenvalue weighted by Gasteiger charge is -2.23. The van der Waals surface area contributed by atoms with E-state index in [4.69, 9.17) is 0 Å². The number of rotatable bonds is 6. The highest BCUT2D eigenvalue weighted by atomic mass is 15.0. The number of hydrogen-bond acceptors (Lipinski definition) is 0. The Balaban J connectivity index is 0.723. The molecule has 0 radical (unpaired) electrons. The molecule has 0 saturated carbocycles. The summed E-state index contributed by atoms with van der Waals surface area (Å²) in [6.07, 6.45) is 0. The van der Waals surface area contributed by atoms with Gasteiger partial charge >= 0.3 is 0 Å². The maximum absolute atomic E-state index is 2.48. The Bertz CT molecular complexity index is 4990. The first-order valence-electron chi connectivity index (χ1n) is 28.3. The molecule has 2 nitrogen and oxygen atoms in total. The van der Waals surface area contributed by atoms with Gasteiger partial charge in [-0.15, -0.1) is 0 Å². The van der Waals surface area contributed by atoms with Crippen molar-refractivity contribution in [2.24, 2.45) is 0 Å². The molecule has 0 saturated heterocycles. The van der Waals surface area contributed by atoms with Crippen LogP contribution in [-0.2, 0) is 5.41 Å². The van der Waals surface area contributed by atoms with Gasteiger partial charge in [0.2, 0.25) is 0 Å². The van der Waals surface area contributed by atoms with Crippen LogP contribution in [0.3, 0.4) is 0 Å². The molecule has 2 heterocycles. The van der Waals surface area contributed by atoms with Crippen LogP contribution in [0.25, 0.3) is 154 Å². The van der Waals surface area contributed by atoms with E-state index in [1.165, 1.54) is 165 Å². The summed E-state index contributed by atoms with van der Waals surface area (Å²) in [6.45, 7) is 4.82. The van der Waals surface area contributed by atoms with Crippen LogP contribution in [0.1, 0.15) is 25.0 Å². The third kappa shape index (κ3) is 6.75. The molecule has 16 aromatic rings. The number of hydrogen-bond donors (Lipinski definition) is 0. The molecule has 17 rings (SSSR count). The molecule has 0 N–H and O–H groups in total. The van der Waals surface area contributed by atoms with Crippen molar-refractivity contribution >= 4 is 86.7 Å². The van der Waals surface area contributed by atoms with Crippen molar-refractivity contribution < 1.29 is 0 Å². The number of fused-ring (bicyclic) bond motifs is 13. The van der Waals surface area contributed by atoms with E-state index in [1.807, 2.05) is 0 Å². The van der Waals surface area contributed by atoms with Crippen LogP contribution in [0.4, 0.5) is 0 Å². The SMILES string of the molecule is CC1(C)c2cc(-c3ccc(-c4ccc5c(c4)c4ccccc4n5-c4cccc5ccccc45)c4ccccc34)ccc2-c2ccc(-c3ccc(-c4ccc5c(c4)c4ccccc4n5-c4cccc5ccccc45)c4ccccc34)cc21. The topological polar surface area (TPSA) is 9.86 Å². The average molecular weight is 1030 g/mol. The Labute approximate surface area is 469 Å². The second-order valence-electron chi connectivity index (χ2n) is 22.7. The predicted molar refractivity (Wildman–Crippen MR) is 344 cm³/mol. The minimum Gasteiger partial charge on any atom is -0.309 e. The third-order valence-electron chi connectivity index (χ3n) is 18.1. The Kier molecular flexibility index (Phi) is 9.80. The Morgan fingerprint density at radius 2 is 0.519 bits per heavy atom. The van der Waals surface area contributed by atoms with Gasteiger partial charge in [-0.05, 0) is 160 Å².